The summed E-state index contributed by atoms with van der Waals surface area (Å²) in [5.74, 6) is 0.411. The molecule has 5 nitrogen and oxygen atoms in total. The number of ether oxygens (including phenoxy) is 2. The molecule has 3 rings (SSSR count). The molecule has 0 aromatic carbocycles. The topological polar surface area (TPSA) is 72.8 Å². The van der Waals surface area contributed by atoms with Crippen LogP contribution in [0.25, 0.3) is 0 Å². The van der Waals surface area contributed by atoms with Crippen LogP contribution < -0.4 is 0 Å². The first-order chi connectivity index (χ1) is 11.8. The molecule has 0 spiro atoms. The molecule has 2 fully saturated rings. The first-order valence-electron chi connectivity index (χ1n) is 9.14. The number of methoxy groups -OCH3 is 2. The lowest BCUT2D eigenvalue weighted by atomic mass is 9.70. The summed E-state index contributed by atoms with van der Waals surface area (Å²) >= 11 is 0. The van der Waals surface area contributed by atoms with Crippen molar-refractivity contribution in [3.8, 4) is 0 Å². The number of allylic oxidation sites excluding steroid dienone is 1. The normalized spacial score (nSPS) is 40.6. The Morgan fingerprint density at radius 2 is 2.08 bits per heavy atom. The number of hydrogen-bond acceptors (Lipinski definition) is 5. The van der Waals surface area contributed by atoms with Crippen molar-refractivity contribution >= 4 is 16.8 Å². The van der Waals surface area contributed by atoms with Crippen LogP contribution in [0.2, 0.25) is 0 Å². The van der Waals surface area contributed by atoms with Crippen LogP contribution in [0.5, 0.6) is 0 Å². The van der Waals surface area contributed by atoms with Gasteiger partial charge in [-0.3, -0.25) is 9.00 Å². The second kappa shape index (κ2) is 6.78. The van der Waals surface area contributed by atoms with E-state index in [1.807, 2.05) is 6.08 Å². The summed E-state index contributed by atoms with van der Waals surface area (Å²) in [6, 6.07) is 0. The summed E-state index contributed by atoms with van der Waals surface area (Å²) in [5, 5.41) is 10.7. The SMILES string of the molecule is COC(=O)[C@@H]1CCC([S@](=O)C[C@]23CC[C@H](C[C@H]2O)C3(C)C)=C[C@@H]1OC. The third-order valence-corrected chi connectivity index (χ3v) is 9.00. The molecule has 3 aliphatic carbocycles. The number of aliphatic hydroxyl groups is 1. The molecule has 6 heteroatoms. The summed E-state index contributed by atoms with van der Waals surface area (Å²) in [6.07, 6.45) is 5.18. The Kier molecular flexibility index (Phi) is 5.17. The second-order valence-corrected chi connectivity index (χ2v) is 9.86. The van der Waals surface area contributed by atoms with Gasteiger partial charge in [0, 0.05) is 34.0 Å². The van der Waals surface area contributed by atoms with E-state index in [0.717, 1.165) is 24.2 Å². The molecule has 2 saturated carbocycles. The molecule has 0 aromatic heterocycles. The second-order valence-electron chi connectivity index (χ2n) is 8.36. The molecule has 1 N–H and O–H groups in total. The number of hydrogen-bond donors (Lipinski definition) is 1. The van der Waals surface area contributed by atoms with Gasteiger partial charge in [0.05, 0.1) is 25.2 Å². The largest absolute Gasteiger partial charge is 0.469 e. The summed E-state index contributed by atoms with van der Waals surface area (Å²) < 4.78 is 23.4. The number of carbonyl (C=O) groups excluding carboxylic acids is 1. The van der Waals surface area contributed by atoms with Crippen molar-refractivity contribution in [3.63, 3.8) is 0 Å². The van der Waals surface area contributed by atoms with E-state index in [1.165, 1.54) is 7.11 Å². The molecule has 0 amide bonds. The van der Waals surface area contributed by atoms with E-state index in [1.54, 1.807) is 7.11 Å². The Labute approximate surface area is 152 Å². The van der Waals surface area contributed by atoms with Crippen LogP contribution in [0.1, 0.15) is 46.0 Å². The lowest BCUT2D eigenvalue weighted by Gasteiger charge is -2.40. The van der Waals surface area contributed by atoms with Gasteiger partial charge in [0.15, 0.2) is 0 Å². The molecule has 6 atom stereocenters. The molecule has 3 aliphatic rings. The fourth-order valence-electron chi connectivity index (χ4n) is 5.38. The van der Waals surface area contributed by atoms with Crippen molar-refractivity contribution in [2.75, 3.05) is 20.0 Å². The highest BCUT2D eigenvalue weighted by Gasteiger charge is 2.64. The number of rotatable bonds is 5. The van der Waals surface area contributed by atoms with Crippen LogP contribution in [-0.4, -0.2) is 47.5 Å². The van der Waals surface area contributed by atoms with Crippen LogP contribution in [0.3, 0.4) is 0 Å². The van der Waals surface area contributed by atoms with E-state index >= 15 is 0 Å². The number of fused-ring (bicyclic) bond motifs is 2. The minimum Gasteiger partial charge on any atom is -0.469 e. The highest BCUT2D eigenvalue weighted by molar-refractivity contribution is 7.89. The van der Waals surface area contributed by atoms with Crippen molar-refractivity contribution in [2.45, 2.75) is 58.2 Å². The minimum absolute atomic E-state index is 0.0204. The fraction of sp³-hybridized carbons (Fsp3) is 0.842. The zero-order valence-electron chi connectivity index (χ0n) is 15.6. The summed E-state index contributed by atoms with van der Waals surface area (Å²) in [6.45, 7) is 4.44. The number of esters is 1. The van der Waals surface area contributed by atoms with Crippen molar-refractivity contribution in [3.05, 3.63) is 11.0 Å². The van der Waals surface area contributed by atoms with Crippen LogP contribution in [0.4, 0.5) is 0 Å². The van der Waals surface area contributed by atoms with Gasteiger partial charge in [0.2, 0.25) is 0 Å². The van der Waals surface area contributed by atoms with Gasteiger partial charge in [-0.2, -0.15) is 0 Å². The molecule has 0 heterocycles. The number of aliphatic hydroxyl groups excluding tert-OH is 1. The molecule has 0 unspecified atom stereocenters. The lowest BCUT2D eigenvalue weighted by molar-refractivity contribution is -0.149. The summed E-state index contributed by atoms with van der Waals surface area (Å²) in [7, 11) is 1.78. The van der Waals surface area contributed by atoms with Gasteiger partial charge in [-0.05, 0) is 49.5 Å². The molecule has 0 aliphatic heterocycles. The molecule has 142 valence electrons. The fourth-order valence-corrected chi connectivity index (χ4v) is 7.37. The lowest BCUT2D eigenvalue weighted by Crippen LogP contribution is -2.43. The Morgan fingerprint density at radius 3 is 2.60 bits per heavy atom. The smallest absolute Gasteiger partial charge is 0.311 e. The molecule has 25 heavy (non-hydrogen) atoms. The first kappa shape index (κ1) is 19.1. The van der Waals surface area contributed by atoms with Gasteiger partial charge in [0.25, 0.3) is 0 Å². The zero-order chi connectivity index (χ0) is 18.4. The van der Waals surface area contributed by atoms with E-state index in [9.17, 15) is 14.1 Å². The maximum Gasteiger partial charge on any atom is 0.311 e. The Bertz CT molecular complexity index is 599. The van der Waals surface area contributed by atoms with E-state index in [4.69, 9.17) is 9.47 Å². The van der Waals surface area contributed by atoms with E-state index in [2.05, 4.69) is 13.8 Å². The van der Waals surface area contributed by atoms with Crippen molar-refractivity contribution in [2.24, 2.45) is 22.7 Å². The maximum absolute atomic E-state index is 13.1. The third kappa shape index (κ3) is 2.90. The summed E-state index contributed by atoms with van der Waals surface area (Å²) in [4.78, 5) is 12.7. The van der Waals surface area contributed by atoms with E-state index < -0.39 is 16.9 Å². The third-order valence-electron chi connectivity index (χ3n) is 7.29. The zero-order valence-corrected chi connectivity index (χ0v) is 16.4. The molecule has 2 bridgehead atoms. The van der Waals surface area contributed by atoms with Crippen LogP contribution in [0.15, 0.2) is 11.0 Å². The predicted molar refractivity (Wildman–Crippen MR) is 96.2 cm³/mol. The first-order valence-corrected chi connectivity index (χ1v) is 10.5. The minimum atomic E-state index is -1.16. The Morgan fingerprint density at radius 1 is 1.36 bits per heavy atom. The molecular formula is C19H30O5S. The average Bonchev–Trinajstić information content (AvgIpc) is 2.94. The van der Waals surface area contributed by atoms with E-state index in [0.29, 0.717) is 24.5 Å². The van der Waals surface area contributed by atoms with Gasteiger partial charge in [-0.1, -0.05) is 13.8 Å². The van der Waals surface area contributed by atoms with Crippen LogP contribution in [-0.2, 0) is 25.1 Å². The molecule has 0 aromatic rings. The van der Waals surface area contributed by atoms with Crippen LogP contribution >= 0.6 is 0 Å². The van der Waals surface area contributed by atoms with Gasteiger partial charge in [-0.15, -0.1) is 0 Å². The summed E-state index contributed by atoms with van der Waals surface area (Å²) in [5.41, 5.74) is -0.238. The highest BCUT2D eigenvalue weighted by atomic mass is 32.2. The number of carbonyl (C=O) groups is 1. The van der Waals surface area contributed by atoms with Crippen molar-refractivity contribution < 1.29 is 23.6 Å². The average molecular weight is 371 g/mol. The molecule has 0 saturated heterocycles. The van der Waals surface area contributed by atoms with Crippen molar-refractivity contribution in [1.29, 1.82) is 0 Å². The highest BCUT2D eigenvalue weighted by Crippen LogP contribution is 2.66. The molecule has 0 radical (unpaired) electrons. The van der Waals surface area contributed by atoms with Crippen LogP contribution in [0, 0.1) is 22.7 Å². The van der Waals surface area contributed by atoms with Gasteiger partial charge in [-0.25, -0.2) is 0 Å². The quantitative estimate of drug-likeness (QED) is 0.753. The Hall–Kier alpha value is -0.720. The monoisotopic (exact) mass is 370 g/mol. The van der Waals surface area contributed by atoms with Gasteiger partial charge in [0.1, 0.15) is 0 Å². The Balaban J connectivity index is 1.78. The van der Waals surface area contributed by atoms with Gasteiger partial charge >= 0.3 is 5.97 Å². The standard InChI is InChI=1S/C19H30O5S/c1-18(2)12-7-8-19(18,16(20)9-12)11-25(22)13-5-6-14(17(21)24-4)15(10-13)23-3/h10,12,14-16,20H,5-9,11H2,1-4H3/t12-,14-,15+,16-,19-,25-/m1/s1. The van der Waals surface area contributed by atoms with E-state index in [-0.39, 0.29) is 28.8 Å². The molecular weight excluding hydrogens is 340 g/mol. The maximum atomic E-state index is 13.1. The van der Waals surface area contributed by atoms with Gasteiger partial charge < -0.3 is 14.6 Å². The predicted octanol–water partition coefficient (Wildman–Crippen LogP) is 2.40. The van der Waals surface area contributed by atoms with Crippen molar-refractivity contribution in [1.82, 2.24) is 0 Å².